The number of fused-ring (bicyclic) bond motifs is 10. The van der Waals surface area contributed by atoms with Gasteiger partial charge in [-0.05, 0) is 64.1 Å². The highest BCUT2D eigenvalue weighted by Crippen LogP contribution is 2.51. The Hall–Kier alpha value is -6.79. The molecule has 1 unspecified atom stereocenters. The van der Waals surface area contributed by atoms with Gasteiger partial charge in [-0.3, -0.25) is 0 Å². The lowest BCUT2D eigenvalue weighted by molar-refractivity contribution is 0.797. The zero-order valence-electron chi connectivity index (χ0n) is 31.3. The number of rotatable bonds is 5. The first-order chi connectivity index (χ1) is 28.7. The van der Waals surface area contributed by atoms with Crippen LogP contribution in [0.4, 0.5) is 0 Å². The molecule has 5 heteroatoms. The highest BCUT2D eigenvalue weighted by Gasteiger charge is 2.30. The maximum Gasteiger partial charge on any atom is 0.165 e. The van der Waals surface area contributed by atoms with Crippen molar-refractivity contribution in [1.29, 1.82) is 0 Å². The Morgan fingerprint density at radius 2 is 0.914 bits per heavy atom. The van der Waals surface area contributed by atoms with Gasteiger partial charge in [0.1, 0.15) is 0 Å². The van der Waals surface area contributed by atoms with Gasteiger partial charge in [-0.2, -0.15) is 0 Å². The van der Waals surface area contributed by atoms with Gasteiger partial charge in [-0.15, -0.1) is 22.7 Å². The molecular weight excluding hydrogens is 743 g/mol. The minimum atomic E-state index is 0.177. The molecule has 272 valence electrons. The number of nitrogens with zero attached hydrogens (tertiary/aromatic N) is 3. The molecule has 0 bridgehead atoms. The van der Waals surface area contributed by atoms with Gasteiger partial charge in [0.25, 0.3) is 0 Å². The lowest BCUT2D eigenvalue weighted by atomic mass is 9.73. The van der Waals surface area contributed by atoms with E-state index in [4.69, 9.17) is 15.0 Å². The molecule has 8 aromatic carbocycles. The summed E-state index contributed by atoms with van der Waals surface area (Å²) in [6.07, 6.45) is 0.929. The molecule has 12 rings (SSSR count). The summed E-state index contributed by atoms with van der Waals surface area (Å²) in [7, 11) is 0. The first-order valence-corrected chi connectivity index (χ1v) is 21.3. The number of hydrogen-bond donors (Lipinski definition) is 0. The molecule has 3 aromatic heterocycles. The molecule has 0 spiro atoms. The van der Waals surface area contributed by atoms with Gasteiger partial charge in [-0.1, -0.05) is 158 Å². The van der Waals surface area contributed by atoms with Crippen LogP contribution in [0.1, 0.15) is 22.6 Å². The predicted molar refractivity (Wildman–Crippen MR) is 245 cm³/mol. The summed E-state index contributed by atoms with van der Waals surface area (Å²) in [5, 5.41) is 5.15. The van der Waals surface area contributed by atoms with Gasteiger partial charge < -0.3 is 0 Å². The van der Waals surface area contributed by atoms with Crippen LogP contribution < -0.4 is 0 Å². The molecule has 3 heterocycles. The van der Waals surface area contributed by atoms with Crippen LogP contribution in [0.25, 0.3) is 96.8 Å². The Morgan fingerprint density at radius 1 is 0.379 bits per heavy atom. The van der Waals surface area contributed by atoms with Gasteiger partial charge in [0, 0.05) is 68.5 Å². The van der Waals surface area contributed by atoms with Crippen molar-refractivity contribution in [2.24, 2.45) is 0 Å². The van der Waals surface area contributed by atoms with Crippen LogP contribution in [-0.4, -0.2) is 15.0 Å². The van der Waals surface area contributed by atoms with Crippen LogP contribution >= 0.6 is 22.7 Å². The fourth-order valence-electron chi connectivity index (χ4n) is 9.07. The first-order valence-electron chi connectivity index (χ1n) is 19.7. The smallest absolute Gasteiger partial charge is 0.165 e. The first kappa shape index (κ1) is 33.4. The van der Waals surface area contributed by atoms with E-state index in [1.165, 1.54) is 73.7 Å². The van der Waals surface area contributed by atoms with Gasteiger partial charge in [0.2, 0.25) is 0 Å². The van der Waals surface area contributed by atoms with Crippen molar-refractivity contribution >= 4 is 63.0 Å². The minimum Gasteiger partial charge on any atom is -0.208 e. The second-order valence-corrected chi connectivity index (χ2v) is 17.1. The molecule has 58 heavy (non-hydrogen) atoms. The Balaban J connectivity index is 1.07. The monoisotopic (exact) mass is 775 g/mol. The van der Waals surface area contributed by atoms with Gasteiger partial charge in [0.15, 0.2) is 17.5 Å². The lowest BCUT2D eigenvalue weighted by Gasteiger charge is -2.30. The summed E-state index contributed by atoms with van der Waals surface area (Å²) < 4.78 is 5.15. The largest absolute Gasteiger partial charge is 0.208 e. The van der Waals surface area contributed by atoms with Gasteiger partial charge in [0.05, 0.1) is 0 Å². The molecule has 0 fully saturated rings. The summed E-state index contributed by atoms with van der Waals surface area (Å²) in [4.78, 5) is 15.5. The molecular formula is C53H33N3S2. The Kier molecular flexibility index (Phi) is 7.71. The quantitative estimate of drug-likeness (QED) is 0.175. The zero-order chi connectivity index (χ0) is 38.2. The van der Waals surface area contributed by atoms with E-state index >= 15 is 0 Å². The van der Waals surface area contributed by atoms with Crippen LogP contribution in [0.15, 0.2) is 182 Å². The molecule has 0 radical (unpaired) electrons. The third-order valence-corrected chi connectivity index (χ3v) is 14.2. The third-order valence-electron chi connectivity index (χ3n) is 11.7. The summed E-state index contributed by atoms with van der Waals surface area (Å²) in [6.45, 7) is 0. The summed E-state index contributed by atoms with van der Waals surface area (Å²) in [6, 6.07) is 65.7. The molecule has 1 atom stereocenters. The predicted octanol–water partition coefficient (Wildman–Crippen LogP) is 14.6. The van der Waals surface area contributed by atoms with Crippen molar-refractivity contribution in [2.75, 3.05) is 0 Å². The number of thiophene rings is 2. The van der Waals surface area contributed by atoms with E-state index < -0.39 is 0 Å². The number of hydrogen-bond acceptors (Lipinski definition) is 5. The molecule has 0 N–H and O–H groups in total. The maximum atomic E-state index is 5.25. The average Bonchev–Trinajstić information content (AvgIpc) is 3.87. The molecule has 11 aromatic rings. The molecule has 3 nitrogen and oxygen atoms in total. The van der Waals surface area contributed by atoms with Crippen LogP contribution in [0, 0.1) is 0 Å². The van der Waals surface area contributed by atoms with Crippen molar-refractivity contribution in [1.82, 2.24) is 15.0 Å². The van der Waals surface area contributed by atoms with Crippen LogP contribution in [-0.2, 0) is 6.42 Å². The van der Waals surface area contributed by atoms with E-state index in [1.807, 2.05) is 59.1 Å². The Bertz CT molecular complexity index is 3330. The van der Waals surface area contributed by atoms with Gasteiger partial charge in [-0.25, -0.2) is 15.0 Å². The fraction of sp³-hybridized carbons (Fsp3) is 0.0377. The Morgan fingerprint density at radius 3 is 1.60 bits per heavy atom. The molecule has 1 aliphatic rings. The van der Waals surface area contributed by atoms with Crippen molar-refractivity contribution in [3.05, 3.63) is 199 Å². The molecule has 1 aliphatic carbocycles. The topological polar surface area (TPSA) is 38.7 Å². The summed E-state index contributed by atoms with van der Waals surface area (Å²) >= 11 is 3.73. The van der Waals surface area contributed by atoms with Gasteiger partial charge >= 0.3 is 0 Å². The second-order valence-electron chi connectivity index (χ2n) is 15.0. The highest BCUT2D eigenvalue weighted by atomic mass is 32.1. The van der Waals surface area contributed by atoms with Crippen LogP contribution in [0.5, 0.6) is 0 Å². The van der Waals surface area contributed by atoms with E-state index in [0.717, 1.165) is 28.7 Å². The lowest BCUT2D eigenvalue weighted by Crippen LogP contribution is -2.13. The maximum absolute atomic E-state index is 5.25. The van der Waals surface area contributed by atoms with E-state index in [1.54, 1.807) is 0 Å². The van der Waals surface area contributed by atoms with E-state index in [-0.39, 0.29) is 5.92 Å². The normalized spacial score (nSPS) is 13.6. The SMILES string of the molecule is c1ccc(-c2nc(-c3ccccc3)nc(-c3cc(-c4ccccc4C4Cc5ccc6c(sc7ccccc76)c5-c5ccccc54)cc4c3sc3ccccc34)n2)cc1. The second kappa shape index (κ2) is 13.4. The molecule has 0 amide bonds. The minimum absolute atomic E-state index is 0.177. The number of aromatic nitrogens is 3. The van der Waals surface area contributed by atoms with Crippen molar-refractivity contribution in [2.45, 2.75) is 12.3 Å². The van der Waals surface area contributed by atoms with E-state index in [9.17, 15) is 0 Å². The molecule has 0 saturated carbocycles. The Labute approximate surface area is 343 Å². The van der Waals surface area contributed by atoms with Crippen molar-refractivity contribution in [3.63, 3.8) is 0 Å². The average molecular weight is 776 g/mol. The zero-order valence-corrected chi connectivity index (χ0v) is 32.9. The fourth-order valence-corrected chi connectivity index (χ4v) is 11.6. The van der Waals surface area contributed by atoms with E-state index in [0.29, 0.717) is 17.5 Å². The molecule has 0 saturated heterocycles. The summed E-state index contributed by atoms with van der Waals surface area (Å²) in [5.74, 6) is 2.18. The van der Waals surface area contributed by atoms with Crippen LogP contribution in [0.2, 0.25) is 0 Å². The van der Waals surface area contributed by atoms with Crippen molar-refractivity contribution < 1.29 is 0 Å². The number of benzene rings is 8. The van der Waals surface area contributed by atoms with E-state index in [2.05, 4.69) is 146 Å². The van der Waals surface area contributed by atoms with Crippen molar-refractivity contribution in [3.8, 4) is 56.4 Å². The third kappa shape index (κ3) is 5.35. The standard InChI is InChI=1S/C53H33N3S2/c1-3-15-32(16-4-1)51-54-52(33-17-5-2-6-18-33)56-53(55-51)45-31-35(30-44-40-23-12-14-26-47(40)57-49(44)45)36-19-7-8-20-37(36)43-29-34-27-28-42-39-22-11-13-25-46(39)58-50(42)48(34)41-24-10-9-21-38(41)43/h1-28,30-31,43H,29H2. The summed E-state index contributed by atoms with van der Waals surface area (Å²) in [5.41, 5.74) is 12.2. The van der Waals surface area contributed by atoms with Crippen LogP contribution in [0.3, 0.4) is 0 Å². The highest BCUT2D eigenvalue weighted by molar-refractivity contribution is 7.26. The molecule has 0 aliphatic heterocycles.